The Morgan fingerprint density at radius 2 is 0.398 bits per heavy atom. The van der Waals surface area contributed by atoms with Crippen molar-refractivity contribution in [3.8, 4) is 101 Å². The van der Waals surface area contributed by atoms with Crippen LogP contribution in [0.3, 0.4) is 0 Å². The van der Waals surface area contributed by atoms with Crippen LogP contribution < -0.4 is 0 Å². The van der Waals surface area contributed by atoms with E-state index in [1.165, 1.54) is 0 Å². The van der Waals surface area contributed by atoms with Gasteiger partial charge in [-0.1, -0.05) is 200 Å². The summed E-state index contributed by atoms with van der Waals surface area (Å²) in [5, 5.41) is 8.73. The number of hydrogen-bond acceptors (Lipinski definition) is 10. The third-order valence-corrected chi connectivity index (χ3v) is 18.4. The smallest absolute Gasteiger partial charge is 0.0972 e. The largest absolute Gasteiger partial charge is 0.265 e. The average Bonchev–Trinajstić information content (AvgIpc) is 0.791. The summed E-state index contributed by atoms with van der Waals surface area (Å²) in [6, 6.07) is 103. The van der Waals surface area contributed by atoms with E-state index in [1.54, 1.807) is 24.8 Å². The summed E-state index contributed by atoms with van der Waals surface area (Å²) >= 11 is 0. The Bertz CT molecular complexity index is 6290. The van der Waals surface area contributed by atoms with Crippen LogP contribution in [0.25, 0.3) is 188 Å². The summed E-state index contributed by atoms with van der Waals surface area (Å²) in [5.41, 5.74) is 25.8. The lowest BCUT2D eigenvalue weighted by Gasteiger charge is -2.09. The van der Waals surface area contributed by atoms with Crippen LogP contribution in [0.2, 0.25) is 0 Å². The fourth-order valence-electron chi connectivity index (χ4n) is 13.1. The Morgan fingerprint density at radius 3 is 0.735 bits per heavy atom. The van der Waals surface area contributed by atoms with Crippen molar-refractivity contribution in [1.82, 2.24) is 49.8 Å². The molecule has 10 heterocycles. The van der Waals surface area contributed by atoms with Gasteiger partial charge in [-0.3, -0.25) is 15.0 Å². The van der Waals surface area contributed by atoms with E-state index in [9.17, 15) is 0 Å². The van der Waals surface area contributed by atoms with Crippen molar-refractivity contribution in [3.05, 3.63) is 328 Å². The average molecular weight is 1250 g/mol. The van der Waals surface area contributed by atoms with Gasteiger partial charge in [0.2, 0.25) is 0 Å². The summed E-state index contributed by atoms with van der Waals surface area (Å²) in [6.45, 7) is 0. The molecule has 0 bridgehead atoms. The molecule has 10 aromatic heterocycles. The van der Waals surface area contributed by atoms with Crippen molar-refractivity contribution in [1.29, 1.82) is 0 Å². The highest BCUT2D eigenvalue weighted by molar-refractivity contribution is 6.05. The molecule has 19 aromatic rings. The minimum atomic E-state index is 0.903. The van der Waals surface area contributed by atoms with Crippen molar-refractivity contribution in [2.45, 2.75) is 0 Å². The Kier molecular flexibility index (Phi) is 14.3. The monoisotopic (exact) mass is 1250 g/mol. The number of rotatable bonds is 9. The van der Waals surface area contributed by atoms with Gasteiger partial charge in [-0.05, 0) is 119 Å². The fraction of sp³-hybridized carbons (Fsp3) is 0. The van der Waals surface area contributed by atoms with Crippen molar-refractivity contribution >= 4 is 87.2 Å². The van der Waals surface area contributed by atoms with Crippen LogP contribution in [0.4, 0.5) is 0 Å². The first-order chi connectivity index (χ1) is 48.5. The van der Waals surface area contributed by atoms with Crippen molar-refractivity contribution in [2.24, 2.45) is 0 Å². The Hall–Kier alpha value is -13.4. The molecule has 0 aliphatic carbocycles. The Balaban J connectivity index is 0.000000143. The highest BCUT2D eigenvalue weighted by atomic mass is 14.8. The van der Waals surface area contributed by atoms with Gasteiger partial charge in [0.1, 0.15) is 0 Å². The second-order valence-electron chi connectivity index (χ2n) is 24.4. The third kappa shape index (κ3) is 11.1. The molecule has 10 heteroatoms. The summed E-state index contributed by atoms with van der Waals surface area (Å²) in [5.74, 6) is 0. The van der Waals surface area contributed by atoms with Crippen molar-refractivity contribution in [2.75, 3.05) is 0 Å². The molecule has 0 radical (unpaired) electrons. The molecule has 456 valence electrons. The van der Waals surface area contributed by atoms with Crippen LogP contribution in [-0.2, 0) is 0 Å². The summed E-state index contributed by atoms with van der Waals surface area (Å²) in [7, 11) is 0. The Morgan fingerprint density at radius 1 is 0.153 bits per heavy atom. The van der Waals surface area contributed by atoms with Crippen LogP contribution in [0.15, 0.2) is 328 Å². The zero-order valence-electron chi connectivity index (χ0n) is 52.6. The molecular formula is C88H54N10. The van der Waals surface area contributed by atoms with Crippen molar-refractivity contribution < 1.29 is 0 Å². The van der Waals surface area contributed by atoms with Gasteiger partial charge in [0.15, 0.2) is 0 Å². The first kappa shape index (κ1) is 57.2. The fourth-order valence-corrected chi connectivity index (χ4v) is 13.1. The molecule has 0 saturated heterocycles. The second kappa shape index (κ2) is 24.5. The SMILES string of the molecule is c1ccc(-c2ccc3ccc4ccc(-c5ccc(-c6ccc7ccc(-c8ccc9ccc(-c%10ccncc%10)nc9c8)cc7n6)cc5)nc4c3n2)cc1.c1cnc2c(c1)ccc1ccc(-c3ccc(-c4ccc5ccc(-c6ccc7ccc(-c8ccncc8)nc7c6)cc5n4)cc3)nc12. The van der Waals surface area contributed by atoms with Gasteiger partial charge in [0.25, 0.3) is 0 Å². The normalized spacial score (nSPS) is 11.5. The maximum atomic E-state index is 5.14. The van der Waals surface area contributed by atoms with Crippen LogP contribution in [-0.4, -0.2) is 49.8 Å². The highest BCUT2D eigenvalue weighted by Gasteiger charge is 2.14. The standard InChI is InChI=1S/C47H29N5.C41H25N5/c1-2-4-30(5-3-1)42-22-18-36-12-13-37-19-23-43(52-47(37)46(36)51-42)32-8-6-31(7-9-32)40-20-16-33-10-14-38(28-44(33)49-40)39-15-11-34-17-21-41(50-45(34)29-39)35-24-26-48-27-25-35;1-2-31-9-10-32-15-18-37(46-41(32)40(31)43-21-1)27-5-3-26(4-6-27)35-16-13-28-7-11-33(24-38(28)44-35)34-12-8-29-14-17-36(45-39(29)25-34)30-19-22-42-23-20-30/h1-29H;1-25H. The molecule has 10 nitrogen and oxygen atoms in total. The molecule has 0 fully saturated rings. The second-order valence-corrected chi connectivity index (χ2v) is 24.4. The number of benzene rings is 9. The van der Waals surface area contributed by atoms with Crippen LogP contribution in [0.1, 0.15) is 0 Å². The lowest BCUT2D eigenvalue weighted by molar-refractivity contribution is 1.31. The molecule has 0 N–H and O–H groups in total. The van der Waals surface area contributed by atoms with Gasteiger partial charge in [0, 0.05) is 113 Å². The number of pyridine rings is 10. The van der Waals surface area contributed by atoms with Gasteiger partial charge in [-0.25, -0.2) is 34.9 Å². The van der Waals surface area contributed by atoms with Crippen LogP contribution in [0.5, 0.6) is 0 Å². The minimum Gasteiger partial charge on any atom is -0.265 e. The zero-order chi connectivity index (χ0) is 64.9. The molecule has 0 aliphatic rings. The first-order valence-corrected chi connectivity index (χ1v) is 32.5. The Labute approximate surface area is 563 Å². The molecule has 0 saturated carbocycles. The number of aromatic nitrogens is 10. The maximum absolute atomic E-state index is 5.14. The number of nitrogens with zero attached hydrogens (tertiary/aromatic N) is 10. The van der Waals surface area contributed by atoms with E-state index >= 15 is 0 Å². The van der Waals surface area contributed by atoms with Gasteiger partial charge < -0.3 is 0 Å². The predicted molar refractivity (Wildman–Crippen MR) is 400 cm³/mol. The van der Waals surface area contributed by atoms with Gasteiger partial charge in [0.05, 0.1) is 84.0 Å². The lowest BCUT2D eigenvalue weighted by Crippen LogP contribution is -1.91. The molecular weight excluding hydrogens is 1200 g/mol. The molecule has 0 unspecified atom stereocenters. The molecule has 0 aliphatic heterocycles. The molecule has 19 rings (SSSR count). The quantitative estimate of drug-likeness (QED) is 0.129. The first-order valence-electron chi connectivity index (χ1n) is 32.5. The highest BCUT2D eigenvalue weighted by Crippen LogP contribution is 2.36. The summed E-state index contributed by atoms with van der Waals surface area (Å²) in [6.07, 6.45) is 9.01. The van der Waals surface area contributed by atoms with Crippen molar-refractivity contribution in [3.63, 3.8) is 0 Å². The van der Waals surface area contributed by atoms with Crippen LogP contribution >= 0.6 is 0 Å². The zero-order valence-corrected chi connectivity index (χ0v) is 52.6. The molecule has 98 heavy (non-hydrogen) atoms. The molecule has 0 atom stereocenters. The topological polar surface area (TPSA) is 129 Å². The number of hydrogen-bond donors (Lipinski definition) is 0. The van der Waals surface area contributed by atoms with E-state index in [-0.39, 0.29) is 0 Å². The van der Waals surface area contributed by atoms with E-state index in [0.29, 0.717) is 0 Å². The molecule has 0 amide bonds. The van der Waals surface area contributed by atoms with Gasteiger partial charge in [-0.15, -0.1) is 0 Å². The lowest BCUT2D eigenvalue weighted by atomic mass is 10.0. The summed E-state index contributed by atoms with van der Waals surface area (Å²) in [4.78, 5) is 48.2. The summed E-state index contributed by atoms with van der Waals surface area (Å²) < 4.78 is 0. The molecule has 0 spiro atoms. The third-order valence-electron chi connectivity index (χ3n) is 18.4. The van der Waals surface area contributed by atoms with E-state index in [4.69, 9.17) is 34.9 Å². The van der Waals surface area contributed by atoms with E-state index in [0.717, 1.165) is 188 Å². The van der Waals surface area contributed by atoms with Gasteiger partial charge >= 0.3 is 0 Å². The van der Waals surface area contributed by atoms with E-state index in [2.05, 4.69) is 264 Å². The van der Waals surface area contributed by atoms with Crippen LogP contribution in [0, 0.1) is 0 Å². The van der Waals surface area contributed by atoms with E-state index < -0.39 is 0 Å². The minimum absolute atomic E-state index is 0.903. The number of fused-ring (bicyclic) bond motifs is 10. The predicted octanol–water partition coefficient (Wildman–Crippen LogP) is 21.6. The van der Waals surface area contributed by atoms with Gasteiger partial charge in [-0.2, -0.15) is 0 Å². The molecule has 9 aromatic carbocycles. The van der Waals surface area contributed by atoms with E-state index in [1.807, 2.05) is 54.7 Å². The maximum Gasteiger partial charge on any atom is 0.0972 e.